The summed E-state index contributed by atoms with van der Waals surface area (Å²) in [5, 5.41) is 14.9. The number of aromatic nitrogens is 2. The number of aryl methyl sites for hydroxylation is 2. The Balaban J connectivity index is 2.37. The fourth-order valence-electron chi connectivity index (χ4n) is 1.47. The third-order valence-corrected chi connectivity index (χ3v) is 3.64. The fourth-order valence-corrected chi connectivity index (χ4v) is 2.62. The van der Waals surface area contributed by atoms with Crippen molar-refractivity contribution < 1.29 is 0 Å². The molecule has 0 saturated heterocycles. The monoisotopic (exact) mass is 263 g/mol. The lowest BCUT2D eigenvalue weighted by Crippen LogP contribution is -1.92. The predicted molar refractivity (Wildman–Crippen MR) is 68.2 cm³/mol. The van der Waals surface area contributed by atoms with E-state index in [-0.39, 0.29) is 0 Å². The minimum Gasteiger partial charge on any atom is -0.262 e. The van der Waals surface area contributed by atoms with Gasteiger partial charge in [0.05, 0.1) is 16.3 Å². The van der Waals surface area contributed by atoms with Gasteiger partial charge in [0, 0.05) is 17.0 Å². The highest BCUT2D eigenvalue weighted by Gasteiger charge is 2.08. The van der Waals surface area contributed by atoms with E-state index < -0.39 is 0 Å². The Bertz CT molecular complexity index is 598. The van der Waals surface area contributed by atoms with Crippen LogP contribution in [0, 0.1) is 18.3 Å². The second kappa shape index (κ2) is 4.82. The molecule has 86 valence electrons. The zero-order valence-electron chi connectivity index (χ0n) is 9.44. The molecule has 5 heteroatoms. The van der Waals surface area contributed by atoms with Gasteiger partial charge >= 0.3 is 0 Å². The molecule has 0 radical (unpaired) electrons. The lowest BCUT2D eigenvalue weighted by Gasteiger charge is -2.04. The number of rotatable bonds is 2. The van der Waals surface area contributed by atoms with Gasteiger partial charge in [-0.05, 0) is 31.2 Å². The molecule has 1 aromatic heterocycles. The molecule has 0 amide bonds. The number of nitriles is 1. The van der Waals surface area contributed by atoms with Gasteiger partial charge in [0.15, 0.2) is 0 Å². The highest BCUT2D eigenvalue weighted by atomic mass is 35.5. The van der Waals surface area contributed by atoms with Crippen LogP contribution in [-0.2, 0) is 7.05 Å². The van der Waals surface area contributed by atoms with Gasteiger partial charge in [-0.2, -0.15) is 10.4 Å². The minimum atomic E-state index is 0.576. The maximum absolute atomic E-state index is 9.05. The van der Waals surface area contributed by atoms with Crippen LogP contribution in [0.5, 0.6) is 0 Å². The molecule has 0 aliphatic heterocycles. The number of nitrogens with zero attached hydrogens (tertiary/aromatic N) is 3. The molecule has 0 unspecified atom stereocenters. The van der Waals surface area contributed by atoms with E-state index in [1.165, 1.54) is 11.8 Å². The van der Waals surface area contributed by atoms with Gasteiger partial charge in [-0.3, -0.25) is 4.68 Å². The van der Waals surface area contributed by atoms with E-state index in [4.69, 9.17) is 16.9 Å². The van der Waals surface area contributed by atoms with E-state index >= 15 is 0 Å². The zero-order valence-corrected chi connectivity index (χ0v) is 11.0. The van der Waals surface area contributed by atoms with Gasteiger partial charge in [0.25, 0.3) is 0 Å². The van der Waals surface area contributed by atoms with Crippen LogP contribution in [0.15, 0.2) is 34.2 Å². The van der Waals surface area contributed by atoms with E-state index in [2.05, 4.69) is 11.2 Å². The second-order valence-corrected chi connectivity index (χ2v) is 5.10. The smallest absolute Gasteiger partial charge is 0.100 e. The predicted octanol–water partition coefficient (Wildman–Crippen LogP) is 3.40. The molecular weight excluding hydrogens is 254 g/mol. The maximum Gasteiger partial charge on any atom is 0.100 e. The first kappa shape index (κ1) is 12.0. The van der Waals surface area contributed by atoms with Crippen molar-refractivity contribution in [3.05, 3.63) is 40.5 Å². The Morgan fingerprint density at radius 2 is 2.18 bits per heavy atom. The minimum absolute atomic E-state index is 0.576. The van der Waals surface area contributed by atoms with Crippen LogP contribution in [0.25, 0.3) is 0 Å². The van der Waals surface area contributed by atoms with E-state index in [0.29, 0.717) is 10.6 Å². The second-order valence-electron chi connectivity index (χ2n) is 3.60. The number of hydrogen-bond donors (Lipinski definition) is 0. The quantitative estimate of drug-likeness (QED) is 0.834. The van der Waals surface area contributed by atoms with Crippen molar-refractivity contribution in [3.8, 4) is 6.07 Å². The van der Waals surface area contributed by atoms with Crippen molar-refractivity contribution in [1.29, 1.82) is 5.26 Å². The molecule has 0 fully saturated rings. The van der Waals surface area contributed by atoms with Crippen molar-refractivity contribution in [2.45, 2.75) is 16.8 Å². The molecular formula is C12H10ClN3S. The average molecular weight is 264 g/mol. The van der Waals surface area contributed by atoms with Crippen LogP contribution in [-0.4, -0.2) is 9.78 Å². The van der Waals surface area contributed by atoms with Gasteiger partial charge in [0.1, 0.15) is 6.07 Å². The molecule has 0 aliphatic rings. The Labute approximate surface area is 109 Å². The largest absolute Gasteiger partial charge is 0.262 e. The van der Waals surface area contributed by atoms with Crippen molar-refractivity contribution in [2.75, 3.05) is 0 Å². The molecule has 2 rings (SSSR count). The summed E-state index contributed by atoms with van der Waals surface area (Å²) in [4.78, 5) is 0.889. The van der Waals surface area contributed by atoms with Gasteiger partial charge < -0.3 is 0 Å². The Morgan fingerprint density at radius 3 is 2.76 bits per heavy atom. The molecule has 0 spiro atoms. The van der Waals surface area contributed by atoms with Crippen LogP contribution >= 0.6 is 23.4 Å². The van der Waals surface area contributed by atoms with Crippen LogP contribution in [0.1, 0.15) is 11.3 Å². The van der Waals surface area contributed by atoms with Crippen molar-refractivity contribution in [3.63, 3.8) is 0 Å². The molecule has 2 aromatic rings. The van der Waals surface area contributed by atoms with E-state index in [1.54, 1.807) is 16.8 Å². The number of hydrogen-bond acceptors (Lipinski definition) is 3. The Morgan fingerprint density at radius 1 is 1.41 bits per heavy atom. The summed E-state index contributed by atoms with van der Waals surface area (Å²) in [6.45, 7) is 1.94. The molecule has 1 heterocycles. The van der Waals surface area contributed by atoms with E-state index in [9.17, 15) is 0 Å². The SMILES string of the molecule is Cc1cc(Sc2ccc(Cl)cc2C#N)n(C)n1. The van der Waals surface area contributed by atoms with Gasteiger partial charge in [-0.15, -0.1) is 0 Å². The average Bonchev–Trinajstić information content (AvgIpc) is 2.60. The summed E-state index contributed by atoms with van der Waals surface area (Å²) in [5.41, 5.74) is 1.55. The first-order valence-corrected chi connectivity index (χ1v) is 6.18. The molecule has 0 aliphatic carbocycles. The van der Waals surface area contributed by atoms with Crippen LogP contribution < -0.4 is 0 Å². The highest BCUT2D eigenvalue weighted by molar-refractivity contribution is 7.99. The molecule has 0 bridgehead atoms. The third kappa shape index (κ3) is 2.63. The normalized spacial score (nSPS) is 10.2. The summed E-state index contributed by atoms with van der Waals surface area (Å²) in [6.07, 6.45) is 0. The molecule has 0 N–H and O–H groups in total. The highest BCUT2D eigenvalue weighted by Crippen LogP contribution is 2.31. The fraction of sp³-hybridized carbons (Fsp3) is 0.167. The lowest BCUT2D eigenvalue weighted by atomic mass is 10.2. The molecule has 17 heavy (non-hydrogen) atoms. The first-order chi connectivity index (χ1) is 8.10. The van der Waals surface area contributed by atoms with E-state index in [1.807, 2.05) is 26.1 Å². The number of halogens is 1. The molecule has 3 nitrogen and oxygen atoms in total. The molecule has 0 atom stereocenters. The van der Waals surface area contributed by atoms with E-state index in [0.717, 1.165) is 15.6 Å². The van der Waals surface area contributed by atoms with Crippen molar-refractivity contribution in [1.82, 2.24) is 9.78 Å². The first-order valence-electron chi connectivity index (χ1n) is 4.98. The maximum atomic E-state index is 9.05. The van der Waals surface area contributed by atoms with Crippen LogP contribution in [0.3, 0.4) is 0 Å². The standard InChI is InChI=1S/C12H10ClN3S/c1-8-5-12(16(2)15-8)17-11-4-3-10(13)6-9(11)7-14/h3-6H,1-2H3. The van der Waals surface area contributed by atoms with Gasteiger partial charge in [0.2, 0.25) is 0 Å². The van der Waals surface area contributed by atoms with Crippen molar-refractivity contribution >= 4 is 23.4 Å². The summed E-state index contributed by atoms with van der Waals surface area (Å²) in [6, 6.07) is 9.45. The lowest BCUT2D eigenvalue weighted by molar-refractivity contribution is 0.692. The Hall–Kier alpha value is -1.44. The Kier molecular flexibility index (Phi) is 3.41. The molecule has 1 aromatic carbocycles. The zero-order chi connectivity index (χ0) is 12.4. The van der Waals surface area contributed by atoms with Crippen LogP contribution in [0.2, 0.25) is 5.02 Å². The third-order valence-electron chi connectivity index (χ3n) is 2.24. The van der Waals surface area contributed by atoms with Gasteiger partial charge in [-0.1, -0.05) is 23.4 Å². The van der Waals surface area contributed by atoms with Crippen molar-refractivity contribution in [2.24, 2.45) is 7.05 Å². The van der Waals surface area contributed by atoms with Gasteiger partial charge in [-0.25, -0.2) is 0 Å². The summed E-state index contributed by atoms with van der Waals surface area (Å²) < 4.78 is 1.80. The summed E-state index contributed by atoms with van der Waals surface area (Å²) in [7, 11) is 1.89. The topological polar surface area (TPSA) is 41.6 Å². The summed E-state index contributed by atoms with van der Waals surface area (Å²) in [5.74, 6) is 0. The molecule has 0 saturated carbocycles. The summed E-state index contributed by atoms with van der Waals surface area (Å²) >= 11 is 7.37. The van der Waals surface area contributed by atoms with Crippen LogP contribution in [0.4, 0.5) is 0 Å². The number of benzene rings is 1.